The van der Waals surface area contributed by atoms with E-state index >= 15 is 0 Å². The maximum atomic E-state index is 9.92. The highest BCUT2D eigenvalue weighted by atomic mass is 16.3. The number of aliphatic hydroxyl groups excluding tert-OH is 2. The van der Waals surface area contributed by atoms with Crippen molar-refractivity contribution in [1.82, 2.24) is 20.5 Å². The average molecular weight is 222 g/mol. The first-order valence-corrected chi connectivity index (χ1v) is 5.03. The Hall–Kier alpha value is -1.50. The van der Waals surface area contributed by atoms with Crippen LogP contribution in [-0.2, 0) is 0 Å². The summed E-state index contributed by atoms with van der Waals surface area (Å²) in [5, 5.41) is 29.8. The second kappa shape index (κ2) is 4.56. The van der Waals surface area contributed by atoms with Crippen LogP contribution in [0.4, 0.5) is 0 Å². The standard InChI is InChI=1S/C10H14N4O2/c1-11-5-7(15)9(16)8-6-3-2-4-12-10(6)14-13-8/h2-4,7,9,11,15-16H,5H2,1H3,(H,12,13,14). The van der Waals surface area contributed by atoms with Gasteiger partial charge in [0, 0.05) is 18.1 Å². The van der Waals surface area contributed by atoms with E-state index in [-0.39, 0.29) is 0 Å². The molecule has 0 aliphatic rings. The van der Waals surface area contributed by atoms with Gasteiger partial charge in [-0.05, 0) is 19.2 Å². The Kier molecular flexibility index (Phi) is 3.14. The minimum atomic E-state index is -0.998. The molecular weight excluding hydrogens is 208 g/mol. The molecule has 0 amide bonds. The number of rotatable bonds is 4. The third-order valence-electron chi connectivity index (χ3n) is 2.43. The number of nitrogens with zero attached hydrogens (tertiary/aromatic N) is 2. The third-order valence-corrected chi connectivity index (χ3v) is 2.43. The Labute approximate surface area is 92.3 Å². The number of aromatic amines is 1. The van der Waals surface area contributed by atoms with Crippen molar-refractivity contribution in [2.24, 2.45) is 0 Å². The van der Waals surface area contributed by atoms with Crippen LogP contribution in [0.3, 0.4) is 0 Å². The molecule has 0 spiro atoms. The lowest BCUT2D eigenvalue weighted by molar-refractivity contribution is 0.0185. The monoisotopic (exact) mass is 222 g/mol. The molecule has 6 heteroatoms. The molecule has 4 N–H and O–H groups in total. The first-order valence-electron chi connectivity index (χ1n) is 5.03. The molecule has 0 radical (unpaired) electrons. The van der Waals surface area contributed by atoms with Crippen molar-refractivity contribution < 1.29 is 10.2 Å². The SMILES string of the molecule is CNCC(O)C(O)c1[nH]nc2ncccc12. The van der Waals surface area contributed by atoms with Gasteiger partial charge in [-0.25, -0.2) is 4.98 Å². The summed E-state index contributed by atoms with van der Waals surface area (Å²) in [7, 11) is 1.71. The fraction of sp³-hybridized carbons (Fsp3) is 0.400. The number of likely N-dealkylation sites (N-methyl/N-ethyl adjacent to an activating group) is 1. The number of aliphatic hydroxyl groups is 2. The van der Waals surface area contributed by atoms with Gasteiger partial charge < -0.3 is 15.5 Å². The van der Waals surface area contributed by atoms with E-state index in [9.17, 15) is 10.2 Å². The van der Waals surface area contributed by atoms with E-state index in [1.807, 2.05) is 0 Å². The Morgan fingerprint density at radius 1 is 1.50 bits per heavy atom. The maximum Gasteiger partial charge on any atom is 0.181 e. The molecule has 0 aliphatic carbocycles. The molecule has 16 heavy (non-hydrogen) atoms. The van der Waals surface area contributed by atoms with Crippen LogP contribution in [0.5, 0.6) is 0 Å². The van der Waals surface area contributed by atoms with E-state index < -0.39 is 12.2 Å². The van der Waals surface area contributed by atoms with E-state index in [2.05, 4.69) is 20.5 Å². The van der Waals surface area contributed by atoms with Crippen molar-refractivity contribution in [3.63, 3.8) is 0 Å². The summed E-state index contributed by atoms with van der Waals surface area (Å²) in [5.41, 5.74) is 1.03. The summed E-state index contributed by atoms with van der Waals surface area (Å²) in [6.07, 6.45) is -0.251. The van der Waals surface area contributed by atoms with Crippen LogP contribution < -0.4 is 5.32 Å². The Morgan fingerprint density at radius 3 is 3.06 bits per heavy atom. The fourth-order valence-corrected chi connectivity index (χ4v) is 1.61. The van der Waals surface area contributed by atoms with Crippen molar-refractivity contribution in [3.8, 4) is 0 Å². The van der Waals surface area contributed by atoms with Crippen molar-refractivity contribution in [2.45, 2.75) is 12.2 Å². The normalized spacial score (nSPS) is 15.2. The lowest BCUT2D eigenvalue weighted by atomic mass is 10.1. The van der Waals surface area contributed by atoms with Gasteiger partial charge in [0.2, 0.25) is 0 Å². The predicted molar refractivity (Wildman–Crippen MR) is 58.8 cm³/mol. The lowest BCUT2D eigenvalue weighted by Gasteiger charge is -2.16. The van der Waals surface area contributed by atoms with E-state index in [0.29, 0.717) is 17.9 Å². The first-order chi connectivity index (χ1) is 7.74. The number of hydrogen-bond donors (Lipinski definition) is 4. The quantitative estimate of drug-likeness (QED) is 0.563. The van der Waals surface area contributed by atoms with Crippen LogP contribution in [0.25, 0.3) is 11.0 Å². The minimum Gasteiger partial charge on any atom is -0.389 e. The summed E-state index contributed by atoms with van der Waals surface area (Å²) in [6.45, 7) is 0.307. The molecule has 2 heterocycles. The molecule has 0 saturated heterocycles. The van der Waals surface area contributed by atoms with E-state index in [1.54, 1.807) is 25.4 Å². The van der Waals surface area contributed by atoms with Gasteiger partial charge in [0.15, 0.2) is 5.65 Å². The van der Waals surface area contributed by atoms with Crippen molar-refractivity contribution in [2.75, 3.05) is 13.6 Å². The lowest BCUT2D eigenvalue weighted by Crippen LogP contribution is -2.29. The number of pyridine rings is 1. The number of fused-ring (bicyclic) bond motifs is 1. The van der Waals surface area contributed by atoms with Crippen LogP contribution in [0.1, 0.15) is 11.8 Å². The van der Waals surface area contributed by atoms with Crippen molar-refractivity contribution in [1.29, 1.82) is 0 Å². The van der Waals surface area contributed by atoms with Crippen LogP contribution in [0, 0.1) is 0 Å². The van der Waals surface area contributed by atoms with E-state index in [0.717, 1.165) is 5.39 Å². The summed E-state index contributed by atoms with van der Waals surface area (Å²) in [4.78, 5) is 4.04. The third kappa shape index (κ3) is 1.90. The molecule has 0 bridgehead atoms. The zero-order valence-corrected chi connectivity index (χ0v) is 8.88. The summed E-state index contributed by atoms with van der Waals surface area (Å²) < 4.78 is 0. The average Bonchev–Trinajstić information content (AvgIpc) is 2.72. The van der Waals surface area contributed by atoms with Gasteiger partial charge in [0.25, 0.3) is 0 Å². The van der Waals surface area contributed by atoms with Crippen molar-refractivity contribution >= 4 is 11.0 Å². The Morgan fingerprint density at radius 2 is 2.31 bits per heavy atom. The number of H-pyrrole nitrogens is 1. The molecule has 0 aliphatic heterocycles. The van der Waals surface area contributed by atoms with Crippen LogP contribution in [0.2, 0.25) is 0 Å². The molecule has 2 aromatic heterocycles. The van der Waals surface area contributed by atoms with Crippen LogP contribution >= 0.6 is 0 Å². The molecule has 2 aromatic rings. The highest BCUT2D eigenvalue weighted by molar-refractivity contribution is 5.77. The number of hydrogen-bond acceptors (Lipinski definition) is 5. The molecular formula is C10H14N4O2. The van der Waals surface area contributed by atoms with E-state index in [1.165, 1.54) is 0 Å². The Bertz CT molecular complexity index is 471. The van der Waals surface area contributed by atoms with Gasteiger partial charge in [-0.1, -0.05) is 0 Å². The Balaban J connectivity index is 2.32. The number of nitrogens with one attached hydrogen (secondary N) is 2. The molecule has 6 nitrogen and oxygen atoms in total. The summed E-state index contributed by atoms with van der Waals surface area (Å²) in [6, 6.07) is 3.56. The zero-order valence-electron chi connectivity index (χ0n) is 8.88. The highest BCUT2D eigenvalue weighted by Gasteiger charge is 2.21. The van der Waals surface area contributed by atoms with Gasteiger partial charge >= 0.3 is 0 Å². The van der Waals surface area contributed by atoms with Gasteiger partial charge in [0.05, 0.1) is 11.8 Å². The van der Waals surface area contributed by atoms with E-state index in [4.69, 9.17) is 0 Å². The fourth-order valence-electron chi connectivity index (χ4n) is 1.61. The zero-order chi connectivity index (χ0) is 11.5. The second-order valence-corrected chi connectivity index (χ2v) is 3.58. The topological polar surface area (TPSA) is 94.1 Å². The van der Waals surface area contributed by atoms with Gasteiger partial charge in [-0.2, -0.15) is 5.10 Å². The van der Waals surface area contributed by atoms with Gasteiger partial charge in [0.1, 0.15) is 6.10 Å². The minimum absolute atomic E-state index is 0.307. The maximum absolute atomic E-state index is 9.92. The molecule has 2 rings (SSSR count). The van der Waals surface area contributed by atoms with Crippen LogP contribution in [-0.4, -0.2) is 45.1 Å². The molecule has 2 unspecified atom stereocenters. The first kappa shape index (κ1) is 11.0. The van der Waals surface area contributed by atoms with Gasteiger partial charge in [-0.3, -0.25) is 5.10 Å². The van der Waals surface area contributed by atoms with Crippen LogP contribution in [0.15, 0.2) is 18.3 Å². The second-order valence-electron chi connectivity index (χ2n) is 3.58. The molecule has 0 saturated carbocycles. The predicted octanol–water partition coefficient (Wildman–Crippen LogP) is -0.428. The molecule has 2 atom stereocenters. The molecule has 86 valence electrons. The van der Waals surface area contributed by atoms with Gasteiger partial charge in [-0.15, -0.1) is 0 Å². The highest BCUT2D eigenvalue weighted by Crippen LogP contribution is 2.22. The molecule has 0 aromatic carbocycles. The summed E-state index contributed by atoms with van der Waals surface area (Å²) in [5.74, 6) is 0. The number of aromatic nitrogens is 3. The largest absolute Gasteiger partial charge is 0.389 e. The molecule has 0 fully saturated rings. The smallest absolute Gasteiger partial charge is 0.181 e. The van der Waals surface area contributed by atoms with Crippen molar-refractivity contribution in [3.05, 3.63) is 24.0 Å². The summed E-state index contributed by atoms with van der Waals surface area (Å²) >= 11 is 0.